The monoisotopic (exact) mass is 447 g/mol. The molecule has 2 aromatic carbocycles. The summed E-state index contributed by atoms with van der Waals surface area (Å²) in [4.78, 5) is 28.7. The first-order chi connectivity index (χ1) is 14.6. The molecular weight excluding hydrogens is 421 g/mol. The third-order valence-corrected chi connectivity index (χ3v) is 5.20. The number of ether oxygens (including phenoxy) is 1. The summed E-state index contributed by atoms with van der Waals surface area (Å²) in [5.74, 6) is -0.403. The summed E-state index contributed by atoms with van der Waals surface area (Å²) in [7, 11) is 0. The van der Waals surface area contributed by atoms with Gasteiger partial charge in [-0.1, -0.05) is 17.7 Å². The van der Waals surface area contributed by atoms with Crippen molar-refractivity contribution in [3.8, 4) is 0 Å². The van der Waals surface area contributed by atoms with Crippen molar-refractivity contribution in [3.63, 3.8) is 0 Å². The average molecular weight is 448 g/mol. The molecule has 1 saturated heterocycles. The van der Waals surface area contributed by atoms with Crippen LogP contribution in [0.2, 0.25) is 5.02 Å². The van der Waals surface area contributed by atoms with Gasteiger partial charge in [-0.2, -0.15) is 0 Å². The molecule has 8 heteroatoms. The van der Waals surface area contributed by atoms with Crippen LogP contribution >= 0.6 is 11.6 Å². The zero-order valence-electron chi connectivity index (χ0n) is 18.0. The number of carbonyl (C=O) groups excluding carboxylic acids is 2. The molecule has 166 valence electrons. The molecule has 0 aliphatic carbocycles. The summed E-state index contributed by atoms with van der Waals surface area (Å²) in [6.07, 6.45) is -0.538. The third-order valence-electron chi connectivity index (χ3n) is 4.85. The minimum Gasteiger partial charge on any atom is -0.444 e. The van der Waals surface area contributed by atoms with E-state index in [1.54, 1.807) is 56.0 Å². The number of halogens is 2. The van der Waals surface area contributed by atoms with Gasteiger partial charge in [0.2, 0.25) is 0 Å². The molecule has 2 amide bonds. The van der Waals surface area contributed by atoms with Crippen LogP contribution in [-0.4, -0.2) is 53.6 Å². The van der Waals surface area contributed by atoms with Crippen LogP contribution in [0.1, 0.15) is 36.7 Å². The van der Waals surface area contributed by atoms with Crippen LogP contribution < -0.4 is 5.32 Å². The molecule has 0 unspecified atom stereocenters. The summed E-state index contributed by atoms with van der Waals surface area (Å²) in [6, 6.07) is 11.2. The smallest absolute Gasteiger partial charge is 0.412 e. The van der Waals surface area contributed by atoms with Crippen molar-refractivity contribution in [2.75, 3.05) is 31.5 Å². The molecule has 2 aromatic rings. The fraction of sp³-hybridized carbons (Fsp3) is 0.391. The molecule has 0 bridgehead atoms. The number of benzene rings is 2. The van der Waals surface area contributed by atoms with Crippen molar-refractivity contribution in [3.05, 3.63) is 64.4 Å². The Balaban J connectivity index is 1.51. The lowest BCUT2D eigenvalue weighted by Crippen LogP contribution is -2.48. The zero-order chi connectivity index (χ0) is 22.6. The number of amides is 2. The Labute approximate surface area is 186 Å². The fourth-order valence-electron chi connectivity index (χ4n) is 3.30. The molecule has 0 saturated carbocycles. The number of rotatable bonds is 4. The van der Waals surface area contributed by atoms with Crippen molar-refractivity contribution >= 4 is 29.3 Å². The third kappa shape index (κ3) is 6.67. The molecule has 0 atom stereocenters. The Morgan fingerprint density at radius 2 is 1.71 bits per heavy atom. The van der Waals surface area contributed by atoms with Gasteiger partial charge in [0.25, 0.3) is 5.91 Å². The fourth-order valence-corrected chi connectivity index (χ4v) is 3.53. The Morgan fingerprint density at radius 3 is 2.29 bits per heavy atom. The van der Waals surface area contributed by atoms with E-state index in [2.05, 4.69) is 10.2 Å². The number of anilines is 1. The second-order valence-corrected chi connectivity index (χ2v) is 8.92. The van der Waals surface area contributed by atoms with E-state index in [1.165, 1.54) is 12.1 Å². The van der Waals surface area contributed by atoms with Crippen LogP contribution in [0.3, 0.4) is 0 Å². The number of nitrogens with zero attached hydrogens (tertiary/aromatic N) is 2. The predicted octanol–water partition coefficient (Wildman–Crippen LogP) is 4.78. The minimum absolute atomic E-state index is 0.0525. The number of nitrogens with one attached hydrogen (secondary N) is 1. The van der Waals surface area contributed by atoms with Gasteiger partial charge in [0.1, 0.15) is 11.4 Å². The number of hydrogen-bond donors (Lipinski definition) is 1. The van der Waals surface area contributed by atoms with Crippen LogP contribution in [0.4, 0.5) is 14.9 Å². The number of piperazine rings is 1. The summed E-state index contributed by atoms with van der Waals surface area (Å²) in [5, 5.41) is 3.07. The van der Waals surface area contributed by atoms with E-state index in [1.807, 2.05) is 0 Å². The molecule has 31 heavy (non-hydrogen) atoms. The van der Waals surface area contributed by atoms with Gasteiger partial charge >= 0.3 is 6.09 Å². The van der Waals surface area contributed by atoms with E-state index in [9.17, 15) is 14.0 Å². The molecule has 0 radical (unpaired) electrons. The Kier molecular flexibility index (Phi) is 7.18. The van der Waals surface area contributed by atoms with Gasteiger partial charge in [0, 0.05) is 49.0 Å². The first kappa shape index (κ1) is 23.0. The van der Waals surface area contributed by atoms with E-state index in [4.69, 9.17) is 16.3 Å². The lowest BCUT2D eigenvalue weighted by molar-refractivity contribution is 0.0624. The Morgan fingerprint density at radius 1 is 1.06 bits per heavy atom. The lowest BCUT2D eigenvalue weighted by atomic mass is 10.1. The molecule has 3 rings (SSSR count). The SMILES string of the molecule is CC(C)(C)OC(=O)Nc1ccc(C(=O)N2CCN(Cc3ccc(F)cc3Cl)CC2)cc1. The molecular formula is C23H27ClFN3O3. The molecule has 1 fully saturated rings. The quantitative estimate of drug-likeness (QED) is 0.732. The van der Waals surface area contributed by atoms with Crippen molar-refractivity contribution in [1.29, 1.82) is 0 Å². The molecule has 1 aliphatic heterocycles. The average Bonchev–Trinajstić information content (AvgIpc) is 2.69. The van der Waals surface area contributed by atoms with Crippen molar-refractivity contribution in [1.82, 2.24) is 9.80 Å². The largest absolute Gasteiger partial charge is 0.444 e. The normalized spacial score (nSPS) is 14.9. The first-order valence-electron chi connectivity index (χ1n) is 10.2. The highest BCUT2D eigenvalue weighted by atomic mass is 35.5. The van der Waals surface area contributed by atoms with E-state index in [0.29, 0.717) is 49.0 Å². The first-order valence-corrected chi connectivity index (χ1v) is 10.5. The molecule has 1 N–H and O–H groups in total. The second-order valence-electron chi connectivity index (χ2n) is 8.51. The van der Waals surface area contributed by atoms with Crippen molar-refractivity contribution < 1.29 is 18.7 Å². The van der Waals surface area contributed by atoms with E-state index < -0.39 is 11.7 Å². The van der Waals surface area contributed by atoms with Crippen LogP contribution in [0.5, 0.6) is 0 Å². The van der Waals surface area contributed by atoms with Gasteiger partial charge in [0.15, 0.2) is 0 Å². The van der Waals surface area contributed by atoms with Crippen LogP contribution in [0.15, 0.2) is 42.5 Å². The highest BCUT2D eigenvalue weighted by molar-refractivity contribution is 6.31. The molecule has 1 aliphatic rings. The zero-order valence-corrected chi connectivity index (χ0v) is 18.7. The maximum atomic E-state index is 13.2. The van der Waals surface area contributed by atoms with Gasteiger partial charge in [-0.3, -0.25) is 15.0 Å². The Bertz CT molecular complexity index is 936. The topological polar surface area (TPSA) is 61.9 Å². The van der Waals surface area contributed by atoms with Gasteiger partial charge < -0.3 is 9.64 Å². The molecule has 1 heterocycles. The van der Waals surface area contributed by atoms with E-state index in [0.717, 1.165) is 5.56 Å². The van der Waals surface area contributed by atoms with Crippen LogP contribution in [0.25, 0.3) is 0 Å². The molecule has 6 nitrogen and oxygen atoms in total. The minimum atomic E-state index is -0.579. The van der Waals surface area contributed by atoms with Crippen LogP contribution in [0, 0.1) is 5.82 Å². The van der Waals surface area contributed by atoms with E-state index in [-0.39, 0.29) is 11.7 Å². The maximum Gasteiger partial charge on any atom is 0.412 e. The summed E-state index contributed by atoms with van der Waals surface area (Å²) < 4.78 is 18.4. The van der Waals surface area contributed by atoms with Gasteiger partial charge in [-0.15, -0.1) is 0 Å². The highest BCUT2D eigenvalue weighted by Gasteiger charge is 2.23. The van der Waals surface area contributed by atoms with Crippen molar-refractivity contribution in [2.45, 2.75) is 32.9 Å². The van der Waals surface area contributed by atoms with Gasteiger partial charge in [0.05, 0.1) is 0 Å². The number of hydrogen-bond acceptors (Lipinski definition) is 4. The van der Waals surface area contributed by atoms with E-state index >= 15 is 0 Å². The standard InChI is InChI=1S/C23H27ClFN3O3/c1-23(2,3)31-22(30)26-19-8-5-16(6-9-19)21(29)28-12-10-27(11-13-28)15-17-4-7-18(25)14-20(17)24/h4-9,14H,10-13,15H2,1-3H3,(H,26,30). The van der Waals surface area contributed by atoms with Crippen LogP contribution in [-0.2, 0) is 11.3 Å². The number of carbonyl (C=O) groups is 2. The molecule has 0 aromatic heterocycles. The van der Waals surface area contributed by atoms with Gasteiger partial charge in [-0.05, 0) is 62.7 Å². The predicted molar refractivity (Wildman–Crippen MR) is 119 cm³/mol. The second kappa shape index (κ2) is 9.66. The summed E-state index contributed by atoms with van der Waals surface area (Å²) >= 11 is 6.12. The maximum absolute atomic E-state index is 13.2. The lowest BCUT2D eigenvalue weighted by Gasteiger charge is -2.35. The van der Waals surface area contributed by atoms with Crippen molar-refractivity contribution in [2.24, 2.45) is 0 Å². The highest BCUT2D eigenvalue weighted by Crippen LogP contribution is 2.20. The van der Waals surface area contributed by atoms with Gasteiger partial charge in [-0.25, -0.2) is 9.18 Å². The molecule has 0 spiro atoms. The Hall–Kier alpha value is -2.64. The summed E-state index contributed by atoms with van der Waals surface area (Å²) in [5.41, 5.74) is 1.41. The summed E-state index contributed by atoms with van der Waals surface area (Å²) in [6.45, 7) is 8.60.